The third-order valence-corrected chi connectivity index (χ3v) is 5.00. The van der Waals surface area contributed by atoms with Crippen LogP contribution in [0.2, 0.25) is 5.02 Å². The molecule has 4 aromatic rings. The van der Waals surface area contributed by atoms with Crippen LogP contribution in [0, 0.1) is 5.82 Å². The molecule has 29 heavy (non-hydrogen) atoms. The molecule has 0 atom stereocenters. The lowest BCUT2D eigenvalue weighted by molar-refractivity contribution is -0.116. The van der Waals surface area contributed by atoms with Gasteiger partial charge in [-0.1, -0.05) is 17.7 Å². The molecule has 146 valence electrons. The van der Waals surface area contributed by atoms with Crippen molar-refractivity contribution in [3.63, 3.8) is 0 Å². The highest BCUT2D eigenvalue weighted by Gasteiger charge is 2.15. The van der Waals surface area contributed by atoms with Crippen LogP contribution in [-0.2, 0) is 11.2 Å². The number of hydrogen-bond acceptors (Lipinski definition) is 2. The first-order valence-corrected chi connectivity index (χ1v) is 9.75. The number of benzene rings is 2. The third-order valence-electron chi connectivity index (χ3n) is 4.75. The summed E-state index contributed by atoms with van der Waals surface area (Å²) in [7, 11) is 0. The topological polar surface area (TPSA) is 57.8 Å². The number of rotatable bonds is 6. The second-order valence-corrected chi connectivity index (χ2v) is 7.23. The summed E-state index contributed by atoms with van der Waals surface area (Å²) in [6.07, 6.45) is 3.34. The summed E-state index contributed by atoms with van der Waals surface area (Å²) in [6.45, 7) is 0. The smallest absolute Gasteiger partial charge is 0.224 e. The first kappa shape index (κ1) is 19.2. The Labute approximate surface area is 172 Å². The van der Waals surface area contributed by atoms with Crippen LogP contribution in [0.4, 0.5) is 10.1 Å². The summed E-state index contributed by atoms with van der Waals surface area (Å²) < 4.78 is 13.8. The molecular formula is C23H19ClFN3O. The van der Waals surface area contributed by atoms with Gasteiger partial charge in [-0.25, -0.2) is 4.39 Å². The van der Waals surface area contributed by atoms with Crippen molar-refractivity contribution in [3.8, 4) is 11.4 Å². The predicted molar refractivity (Wildman–Crippen MR) is 115 cm³/mol. The minimum Gasteiger partial charge on any atom is -0.353 e. The molecule has 2 N–H and O–H groups in total. The van der Waals surface area contributed by atoms with Crippen molar-refractivity contribution in [2.75, 3.05) is 5.32 Å². The van der Waals surface area contributed by atoms with Gasteiger partial charge in [0.25, 0.3) is 0 Å². The molecule has 0 saturated carbocycles. The van der Waals surface area contributed by atoms with Crippen molar-refractivity contribution < 1.29 is 9.18 Å². The number of pyridine rings is 1. The number of amides is 1. The summed E-state index contributed by atoms with van der Waals surface area (Å²) in [5.74, 6) is -0.358. The Kier molecular flexibility index (Phi) is 5.58. The van der Waals surface area contributed by atoms with E-state index in [4.69, 9.17) is 11.6 Å². The van der Waals surface area contributed by atoms with E-state index in [9.17, 15) is 9.18 Å². The van der Waals surface area contributed by atoms with Crippen LogP contribution in [0.5, 0.6) is 0 Å². The molecule has 0 bridgehead atoms. The minimum atomic E-state index is -0.286. The van der Waals surface area contributed by atoms with E-state index in [-0.39, 0.29) is 11.7 Å². The number of halogens is 2. The largest absolute Gasteiger partial charge is 0.353 e. The van der Waals surface area contributed by atoms with E-state index < -0.39 is 0 Å². The Morgan fingerprint density at radius 3 is 2.69 bits per heavy atom. The third kappa shape index (κ3) is 4.46. The highest BCUT2D eigenvalue weighted by atomic mass is 35.5. The molecule has 4 rings (SSSR count). The number of carbonyl (C=O) groups excluding carboxylic acids is 1. The van der Waals surface area contributed by atoms with Crippen LogP contribution < -0.4 is 5.32 Å². The molecule has 0 aliphatic heterocycles. The van der Waals surface area contributed by atoms with Crippen molar-refractivity contribution in [1.82, 2.24) is 9.97 Å². The molecule has 2 aromatic carbocycles. The van der Waals surface area contributed by atoms with Crippen molar-refractivity contribution in [2.24, 2.45) is 0 Å². The Balaban J connectivity index is 1.51. The standard InChI is InChI=1S/C23H19ClFN3O/c24-15-7-10-17(11-8-15)27-22(29)6-3-4-18-19-14-16(25)9-12-20(19)28-23(18)21-5-1-2-13-26-21/h1-2,5,7-14,28H,3-4,6H2,(H,27,29). The van der Waals surface area contributed by atoms with Gasteiger partial charge in [-0.05, 0) is 73.0 Å². The maximum Gasteiger partial charge on any atom is 0.224 e. The van der Waals surface area contributed by atoms with E-state index in [0.29, 0.717) is 30.0 Å². The van der Waals surface area contributed by atoms with E-state index in [2.05, 4.69) is 15.3 Å². The van der Waals surface area contributed by atoms with Crippen molar-refractivity contribution in [1.29, 1.82) is 0 Å². The van der Waals surface area contributed by atoms with Gasteiger partial charge in [-0.2, -0.15) is 0 Å². The van der Waals surface area contributed by atoms with Crippen LogP contribution in [0.25, 0.3) is 22.3 Å². The number of carbonyl (C=O) groups is 1. The van der Waals surface area contributed by atoms with Gasteiger partial charge in [0.15, 0.2) is 0 Å². The molecule has 4 nitrogen and oxygen atoms in total. The van der Waals surface area contributed by atoms with Gasteiger partial charge in [0, 0.05) is 34.2 Å². The molecular weight excluding hydrogens is 389 g/mol. The number of aryl methyl sites for hydroxylation is 1. The molecule has 0 radical (unpaired) electrons. The van der Waals surface area contributed by atoms with Crippen LogP contribution in [0.3, 0.4) is 0 Å². The fraction of sp³-hybridized carbons (Fsp3) is 0.130. The zero-order valence-electron chi connectivity index (χ0n) is 15.6. The SMILES string of the molecule is O=C(CCCc1c(-c2ccccn2)[nH]c2ccc(F)cc12)Nc1ccc(Cl)cc1. The van der Waals surface area contributed by atoms with Gasteiger partial charge < -0.3 is 10.3 Å². The highest BCUT2D eigenvalue weighted by Crippen LogP contribution is 2.31. The maximum absolute atomic E-state index is 13.8. The summed E-state index contributed by atoms with van der Waals surface area (Å²) in [6, 6.07) is 17.4. The van der Waals surface area contributed by atoms with Gasteiger partial charge in [-0.3, -0.25) is 9.78 Å². The zero-order valence-corrected chi connectivity index (χ0v) is 16.3. The Morgan fingerprint density at radius 2 is 1.93 bits per heavy atom. The second-order valence-electron chi connectivity index (χ2n) is 6.79. The number of hydrogen-bond donors (Lipinski definition) is 2. The van der Waals surface area contributed by atoms with E-state index in [1.807, 2.05) is 18.2 Å². The van der Waals surface area contributed by atoms with Crippen molar-refractivity contribution >= 4 is 34.1 Å². The Hall–Kier alpha value is -3.18. The van der Waals surface area contributed by atoms with Crippen LogP contribution >= 0.6 is 11.6 Å². The van der Waals surface area contributed by atoms with Crippen LogP contribution in [0.15, 0.2) is 66.9 Å². The number of anilines is 1. The van der Waals surface area contributed by atoms with Crippen molar-refractivity contribution in [2.45, 2.75) is 19.3 Å². The maximum atomic E-state index is 13.8. The average Bonchev–Trinajstić information content (AvgIpc) is 3.08. The van der Waals surface area contributed by atoms with E-state index in [1.165, 1.54) is 12.1 Å². The second kappa shape index (κ2) is 8.45. The van der Waals surface area contributed by atoms with Gasteiger partial charge in [0.2, 0.25) is 5.91 Å². The quantitative estimate of drug-likeness (QED) is 0.412. The highest BCUT2D eigenvalue weighted by molar-refractivity contribution is 6.30. The number of fused-ring (bicyclic) bond motifs is 1. The summed E-state index contributed by atoms with van der Waals surface area (Å²) >= 11 is 5.87. The average molecular weight is 408 g/mol. The van der Waals surface area contributed by atoms with Gasteiger partial charge in [0.1, 0.15) is 5.82 Å². The number of nitrogens with zero attached hydrogens (tertiary/aromatic N) is 1. The molecule has 6 heteroatoms. The number of aromatic amines is 1. The fourth-order valence-corrected chi connectivity index (χ4v) is 3.52. The predicted octanol–water partition coefficient (Wildman–Crippen LogP) is 5.98. The molecule has 0 fully saturated rings. The first-order valence-electron chi connectivity index (χ1n) is 9.37. The van der Waals surface area contributed by atoms with Crippen LogP contribution in [-0.4, -0.2) is 15.9 Å². The molecule has 0 aliphatic rings. The molecule has 0 unspecified atom stereocenters. The molecule has 0 spiro atoms. The normalized spacial score (nSPS) is 11.0. The first-order chi connectivity index (χ1) is 14.1. The van der Waals surface area contributed by atoms with E-state index in [1.54, 1.807) is 36.5 Å². The lowest BCUT2D eigenvalue weighted by Crippen LogP contribution is -2.11. The van der Waals surface area contributed by atoms with E-state index >= 15 is 0 Å². The monoisotopic (exact) mass is 407 g/mol. The Morgan fingerprint density at radius 1 is 1.10 bits per heavy atom. The van der Waals surface area contributed by atoms with Gasteiger partial charge >= 0.3 is 0 Å². The van der Waals surface area contributed by atoms with Crippen LogP contribution in [0.1, 0.15) is 18.4 Å². The summed E-state index contributed by atoms with van der Waals surface area (Å²) in [5, 5.41) is 4.31. The number of aromatic nitrogens is 2. The minimum absolute atomic E-state index is 0.0715. The molecule has 2 aromatic heterocycles. The fourth-order valence-electron chi connectivity index (χ4n) is 3.39. The zero-order chi connectivity index (χ0) is 20.2. The lowest BCUT2D eigenvalue weighted by Gasteiger charge is -2.07. The molecule has 0 saturated heterocycles. The lowest BCUT2D eigenvalue weighted by atomic mass is 10.0. The molecule has 0 aliphatic carbocycles. The molecule has 1 amide bonds. The van der Waals surface area contributed by atoms with E-state index in [0.717, 1.165) is 27.9 Å². The van der Waals surface area contributed by atoms with Gasteiger partial charge in [-0.15, -0.1) is 0 Å². The number of nitrogens with one attached hydrogen (secondary N) is 2. The summed E-state index contributed by atoms with van der Waals surface area (Å²) in [5.41, 5.74) is 4.20. The molecule has 2 heterocycles. The van der Waals surface area contributed by atoms with Crippen molar-refractivity contribution in [3.05, 3.63) is 83.3 Å². The summed E-state index contributed by atoms with van der Waals surface area (Å²) in [4.78, 5) is 20.0. The number of H-pyrrole nitrogens is 1. The Bertz CT molecular complexity index is 1140. The van der Waals surface area contributed by atoms with Gasteiger partial charge in [0.05, 0.1) is 11.4 Å².